The molecule has 1 heterocycles. The van der Waals surface area contributed by atoms with E-state index in [9.17, 15) is 0 Å². The molecule has 0 saturated heterocycles. The van der Waals surface area contributed by atoms with Crippen molar-refractivity contribution >= 4 is 15.9 Å². The van der Waals surface area contributed by atoms with Crippen LogP contribution in [-0.2, 0) is 6.42 Å². The highest BCUT2D eigenvalue weighted by atomic mass is 79.9. The minimum atomic E-state index is 0.655. The van der Waals surface area contributed by atoms with Gasteiger partial charge in [-0.25, -0.2) is 0 Å². The van der Waals surface area contributed by atoms with Crippen LogP contribution in [0, 0.1) is 5.92 Å². The van der Waals surface area contributed by atoms with Gasteiger partial charge in [0.05, 0.1) is 0 Å². The molecule has 1 aliphatic rings. The van der Waals surface area contributed by atoms with Crippen molar-refractivity contribution in [2.45, 2.75) is 30.5 Å². The normalized spacial score (nSPS) is 18.5. The van der Waals surface area contributed by atoms with Crippen LogP contribution < -0.4 is 0 Å². The summed E-state index contributed by atoms with van der Waals surface area (Å²) >= 11 is 3.73. The lowest BCUT2D eigenvalue weighted by molar-refractivity contribution is 0.690. The molecule has 1 unspecified atom stereocenters. The zero-order valence-electron chi connectivity index (χ0n) is 7.62. The van der Waals surface area contributed by atoms with Crippen LogP contribution in [-0.4, -0.2) is 9.81 Å². The second-order valence-corrected chi connectivity index (χ2v) is 5.13. The fourth-order valence-electron chi connectivity index (χ4n) is 1.57. The van der Waals surface area contributed by atoms with Crippen molar-refractivity contribution in [2.24, 2.45) is 5.92 Å². The Hall–Kier alpha value is -0.370. The van der Waals surface area contributed by atoms with Crippen LogP contribution >= 0.6 is 15.9 Å². The van der Waals surface area contributed by atoms with Gasteiger partial charge in [-0.15, -0.1) is 0 Å². The van der Waals surface area contributed by atoms with Gasteiger partial charge < -0.3 is 0 Å². The van der Waals surface area contributed by atoms with E-state index in [0.29, 0.717) is 4.83 Å². The highest BCUT2D eigenvalue weighted by Gasteiger charge is 2.24. The van der Waals surface area contributed by atoms with Gasteiger partial charge in [-0.2, -0.15) is 0 Å². The van der Waals surface area contributed by atoms with Gasteiger partial charge in [0.1, 0.15) is 0 Å². The number of pyridine rings is 1. The fraction of sp³-hybridized carbons (Fsp3) is 0.545. The Morgan fingerprint density at radius 1 is 1.38 bits per heavy atom. The predicted molar refractivity (Wildman–Crippen MR) is 58.0 cm³/mol. The molecule has 1 aliphatic carbocycles. The number of hydrogen-bond donors (Lipinski definition) is 0. The average molecular weight is 240 g/mol. The third-order valence-corrected chi connectivity index (χ3v) is 3.19. The molecule has 0 radical (unpaired) electrons. The molecule has 0 aromatic carbocycles. The van der Waals surface area contributed by atoms with E-state index in [0.717, 1.165) is 12.3 Å². The standard InChI is InChI=1S/C11H14BrN/c12-11(7-9-1-2-9)8-10-3-5-13-6-4-10/h3-6,9,11H,1-2,7-8H2. The van der Waals surface area contributed by atoms with E-state index in [1.165, 1.54) is 24.8 Å². The van der Waals surface area contributed by atoms with E-state index in [1.807, 2.05) is 12.4 Å². The fourth-order valence-corrected chi connectivity index (χ4v) is 2.48. The molecular formula is C11H14BrN. The quantitative estimate of drug-likeness (QED) is 0.736. The summed E-state index contributed by atoms with van der Waals surface area (Å²) in [5, 5.41) is 0. The van der Waals surface area contributed by atoms with Crippen LogP contribution in [0.3, 0.4) is 0 Å². The highest BCUT2D eigenvalue weighted by Crippen LogP contribution is 2.35. The van der Waals surface area contributed by atoms with Crippen LogP contribution in [0.15, 0.2) is 24.5 Å². The SMILES string of the molecule is BrC(Cc1ccncc1)CC1CC1. The second kappa shape index (κ2) is 4.23. The van der Waals surface area contributed by atoms with Gasteiger partial charge in [0, 0.05) is 17.2 Å². The molecule has 0 aliphatic heterocycles. The largest absolute Gasteiger partial charge is 0.265 e. The van der Waals surface area contributed by atoms with Crippen LogP contribution in [0.25, 0.3) is 0 Å². The lowest BCUT2D eigenvalue weighted by Crippen LogP contribution is -2.03. The summed E-state index contributed by atoms with van der Waals surface area (Å²) in [5.74, 6) is 1.01. The first kappa shape index (κ1) is 9.20. The Labute approximate surface area is 87.7 Å². The monoisotopic (exact) mass is 239 g/mol. The van der Waals surface area contributed by atoms with Crippen molar-refractivity contribution in [3.05, 3.63) is 30.1 Å². The van der Waals surface area contributed by atoms with E-state index in [-0.39, 0.29) is 0 Å². The van der Waals surface area contributed by atoms with Crippen LogP contribution in [0.4, 0.5) is 0 Å². The van der Waals surface area contributed by atoms with Crippen molar-refractivity contribution in [1.29, 1.82) is 0 Å². The van der Waals surface area contributed by atoms with Crippen LogP contribution in [0.2, 0.25) is 0 Å². The van der Waals surface area contributed by atoms with Crippen LogP contribution in [0.1, 0.15) is 24.8 Å². The maximum atomic E-state index is 4.01. The molecule has 0 N–H and O–H groups in total. The summed E-state index contributed by atoms with van der Waals surface area (Å²) in [5.41, 5.74) is 1.39. The zero-order chi connectivity index (χ0) is 9.10. The van der Waals surface area contributed by atoms with Gasteiger partial charge >= 0.3 is 0 Å². The number of alkyl halides is 1. The van der Waals surface area contributed by atoms with Gasteiger partial charge in [0.25, 0.3) is 0 Å². The van der Waals surface area contributed by atoms with Gasteiger partial charge in [-0.3, -0.25) is 4.98 Å². The lowest BCUT2D eigenvalue weighted by atomic mass is 10.1. The maximum Gasteiger partial charge on any atom is 0.0270 e. The summed E-state index contributed by atoms with van der Waals surface area (Å²) in [7, 11) is 0. The molecule has 1 aromatic heterocycles. The minimum Gasteiger partial charge on any atom is -0.265 e. The lowest BCUT2D eigenvalue weighted by Gasteiger charge is -2.07. The number of halogens is 1. The Morgan fingerprint density at radius 2 is 2.08 bits per heavy atom. The van der Waals surface area contributed by atoms with E-state index in [1.54, 1.807) is 0 Å². The first-order valence-electron chi connectivity index (χ1n) is 4.87. The minimum absolute atomic E-state index is 0.655. The molecule has 13 heavy (non-hydrogen) atoms. The zero-order valence-corrected chi connectivity index (χ0v) is 9.20. The van der Waals surface area contributed by atoms with E-state index in [2.05, 4.69) is 33.0 Å². The summed E-state index contributed by atoms with van der Waals surface area (Å²) in [6.45, 7) is 0. The smallest absolute Gasteiger partial charge is 0.0270 e. The molecule has 1 atom stereocenters. The van der Waals surface area contributed by atoms with Crippen molar-refractivity contribution in [1.82, 2.24) is 4.98 Å². The molecule has 1 nitrogen and oxygen atoms in total. The van der Waals surface area contributed by atoms with Crippen LogP contribution in [0.5, 0.6) is 0 Å². The molecular weight excluding hydrogens is 226 g/mol. The first-order valence-corrected chi connectivity index (χ1v) is 5.79. The first-order chi connectivity index (χ1) is 6.34. The number of nitrogens with zero attached hydrogens (tertiary/aromatic N) is 1. The number of aromatic nitrogens is 1. The van der Waals surface area contributed by atoms with Gasteiger partial charge in [-0.05, 0) is 36.5 Å². The van der Waals surface area contributed by atoms with E-state index < -0.39 is 0 Å². The number of rotatable bonds is 4. The topological polar surface area (TPSA) is 12.9 Å². The van der Waals surface area contributed by atoms with Gasteiger partial charge in [0.15, 0.2) is 0 Å². The molecule has 0 amide bonds. The average Bonchev–Trinajstić information content (AvgIpc) is 2.90. The molecule has 0 spiro atoms. The molecule has 2 heteroatoms. The van der Waals surface area contributed by atoms with Gasteiger partial charge in [-0.1, -0.05) is 28.8 Å². The number of hydrogen-bond acceptors (Lipinski definition) is 1. The molecule has 70 valence electrons. The third kappa shape index (κ3) is 3.11. The van der Waals surface area contributed by atoms with Crippen molar-refractivity contribution in [3.8, 4) is 0 Å². The maximum absolute atomic E-state index is 4.01. The Kier molecular flexibility index (Phi) is 2.99. The van der Waals surface area contributed by atoms with Crippen molar-refractivity contribution in [3.63, 3.8) is 0 Å². The molecule has 2 rings (SSSR count). The highest BCUT2D eigenvalue weighted by molar-refractivity contribution is 9.09. The summed E-state index contributed by atoms with van der Waals surface area (Å²) in [4.78, 5) is 4.67. The Balaban J connectivity index is 1.82. The van der Waals surface area contributed by atoms with E-state index in [4.69, 9.17) is 0 Å². The summed E-state index contributed by atoms with van der Waals surface area (Å²) in [6, 6.07) is 4.20. The predicted octanol–water partition coefficient (Wildman–Crippen LogP) is 3.19. The summed E-state index contributed by atoms with van der Waals surface area (Å²) < 4.78 is 0. The van der Waals surface area contributed by atoms with Crippen molar-refractivity contribution < 1.29 is 0 Å². The van der Waals surface area contributed by atoms with E-state index >= 15 is 0 Å². The molecule has 1 aromatic rings. The second-order valence-electron chi connectivity index (χ2n) is 3.84. The molecule has 1 fully saturated rings. The Morgan fingerprint density at radius 3 is 2.69 bits per heavy atom. The Bertz CT molecular complexity index is 256. The third-order valence-electron chi connectivity index (χ3n) is 2.49. The summed E-state index contributed by atoms with van der Waals surface area (Å²) in [6.07, 6.45) is 9.09. The van der Waals surface area contributed by atoms with Gasteiger partial charge in [0.2, 0.25) is 0 Å². The molecule has 0 bridgehead atoms. The van der Waals surface area contributed by atoms with Crippen molar-refractivity contribution in [2.75, 3.05) is 0 Å². The molecule has 1 saturated carbocycles.